The Balaban J connectivity index is 2.02. The number of anilines is 1. The molecule has 0 aromatic heterocycles. The average Bonchev–Trinajstić information content (AvgIpc) is 2.33. The highest BCUT2D eigenvalue weighted by atomic mass is 35.5. The van der Waals surface area contributed by atoms with E-state index in [1.54, 1.807) is 19.2 Å². The van der Waals surface area contributed by atoms with Gasteiger partial charge in [-0.25, -0.2) is 0 Å². The Kier molecular flexibility index (Phi) is 4.35. The fraction of sp³-hybridized carbons (Fsp3) is 0.533. The zero-order valence-corrected chi connectivity index (χ0v) is 12.4. The lowest BCUT2D eigenvalue weighted by Gasteiger charge is -2.39. The number of rotatable bonds is 4. The summed E-state index contributed by atoms with van der Waals surface area (Å²) in [5.74, 6) is 1.46. The van der Waals surface area contributed by atoms with E-state index in [1.165, 1.54) is 12.8 Å². The summed E-state index contributed by atoms with van der Waals surface area (Å²) in [6, 6.07) is 5.81. The molecule has 19 heavy (non-hydrogen) atoms. The van der Waals surface area contributed by atoms with Crippen LogP contribution in [-0.4, -0.2) is 19.0 Å². The molecule has 0 radical (unpaired) electrons. The number of hydrogen-bond donors (Lipinski definition) is 2. The Labute approximate surface area is 119 Å². The quantitative estimate of drug-likeness (QED) is 0.886. The van der Waals surface area contributed by atoms with Crippen LogP contribution in [0, 0.1) is 11.8 Å². The lowest BCUT2D eigenvalue weighted by molar-refractivity contribution is 0.0963. The Morgan fingerprint density at radius 1 is 1.37 bits per heavy atom. The predicted octanol–water partition coefficient (Wildman–Crippen LogP) is 3.55. The van der Waals surface area contributed by atoms with Gasteiger partial charge in [0, 0.05) is 18.7 Å². The number of amides is 1. The van der Waals surface area contributed by atoms with Gasteiger partial charge in [-0.1, -0.05) is 25.4 Å². The topological polar surface area (TPSA) is 41.1 Å². The second-order valence-corrected chi connectivity index (χ2v) is 6.00. The van der Waals surface area contributed by atoms with E-state index < -0.39 is 0 Å². The van der Waals surface area contributed by atoms with Gasteiger partial charge in [0.05, 0.1) is 10.7 Å². The molecule has 1 aromatic rings. The van der Waals surface area contributed by atoms with E-state index in [-0.39, 0.29) is 5.91 Å². The molecule has 4 heteroatoms. The molecule has 1 aliphatic carbocycles. The molecule has 0 heterocycles. The van der Waals surface area contributed by atoms with E-state index in [9.17, 15) is 4.79 Å². The van der Waals surface area contributed by atoms with E-state index >= 15 is 0 Å². The number of hydrogen-bond acceptors (Lipinski definition) is 2. The number of halogens is 1. The van der Waals surface area contributed by atoms with Crippen molar-refractivity contribution in [2.45, 2.75) is 32.7 Å². The van der Waals surface area contributed by atoms with Crippen molar-refractivity contribution >= 4 is 23.2 Å². The highest BCUT2D eigenvalue weighted by Gasteiger charge is 2.31. The van der Waals surface area contributed by atoms with Gasteiger partial charge in [0.2, 0.25) is 0 Å². The van der Waals surface area contributed by atoms with Crippen LogP contribution in [-0.2, 0) is 0 Å². The highest BCUT2D eigenvalue weighted by molar-refractivity contribution is 6.33. The van der Waals surface area contributed by atoms with Crippen LogP contribution in [0.3, 0.4) is 0 Å². The summed E-state index contributed by atoms with van der Waals surface area (Å²) in [5.41, 5.74) is 1.49. The number of nitrogens with one attached hydrogen (secondary N) is 2. The van der Waals surface area contributed by atoms with Crippen molar-refractivity contribution in [2.24, 2.45) is 11.8 Å². The first-order valence-electron chi connectivity index (χ1n) is 6.79. The minimum Gasteiger partial charge on any atom is -0.381 e. The SMILES string of the molecule is CNC(=O)c1ccc(Cl)c(NC2CC(C(C)C)C2)c1. The van der Waals surface area contributed by atoms with Crippen LogP contribution in [0.2, 0.25) is 5.02 Å². The molecule has 0 saturated heterocycles. The molecule has 1 aromatic carbocycles. The summed E-state index contributed by atoms with van der Waals surface area (Å²) in [4.78, 5) is 11.6. The number of carbonyl (C=O) groups excluding carboxylic acids is 1. The second-order valence-electron chi connectivity index (χ2n) is 5.59. The first-order chi connectivity index (χ1) is 9.01. The molecule has 104 valence electrons. The van der Waals surface area contributed by atoms with Gasteiger partial charge in [-0.2, -0.15) is 0 Å². The van der Waals surface area contributed by atoms with Gasteiger partial charge in [0.25, 0.3) is 5.91 Å². The lowest BCUT2D eigenvalue weighted by Crippen LogP contribution is -2.38. The molecule has 0 unspecified atom stereocenters. The summed E-state index contributed by atoms with van der Waals surface area (Å²) in [6.45, 7) is 4.53. The largest absolute Gasteiger partial charge is 0.381 e. The summed E-state index contributed by atoms with van der Waals surface area (Å²) in [5, 5.41) is 6.73. The maximum atomic E-state index is 11.6. The standard InChI is InChI=1S/C15H21ClN2O/c1-9(2)11-6-12(7-11)18-14-8-10(15(19)17-3)4-5-13(14)16/h4-5,8-9,11-12,18H,6-7H2,1-3H3,(H,17,19). The van der Waals surface area contributed by atoms with Crippen molar-refractivity contribution in [3.8, 4) is 0 Å². The molecule has 0 atom stereocenters. The number of carbonyl (C=O) groups is 1. The molecule has 1 aliphatic rings. The molecule has 0 bridgehead atoms. The van der Waals surface area contributed by atoms with Crippen LogP contribution in [0.25, 0.3) is 0 Å². The van der Waals surface area contributed by atoms with E-state index in [2.05, 4.69) is 24.5 Å². The van der Waals surface area contributed by atoms with Crippen LogP contribution in [0.4, 0.5) is 5.69 Å². The van der Waals surface area contributed by atoms with Crippen LogP contribution in [0.5, 0.6) is 0 Å². The smallest absolute Gasteiger partial charge is 0.251 e. The van der Waals surface area contributed by atoms with Gasteiger partial charge in [0.1, 0.15) is 0 Å². The second kappa shape index (κ2) is 5.83. The van der Waals surface area contributed by atoms with Crippen LogP contribution >= 0.6 is 11.6 Å². The van der Waals surface area contributed by atoms with Crippen molar-refractivity contribution in [3.63, 3.8) is 0 Å². The minimum atomic E-state index is -0.0895. The molecule has 2 N–H and O–H groups in total. The Morgan fingerprint density at radius 2 is 2.05 bits per heavy atom. The first-order valence-corrected chi connectivity index (χ1v) is 7.17. The number of benzene rings is 1. The molecule has 0 aliphatic heterocycles. The predicted molar refractivity (Wildman–Crippen MR) is 79.8 cm³/mol. The molecular weight excluding hydrogens is 260 g/mol. The van der Waals surface area contributed by atoms with Crippen molar-refractivity contribution in [2.75, 3.05) is 12.4 Å². The monoisotopic (exact) mass is 280 g/mol. The van der Waals surface area contributed by atoms with E-state index in [0.29, 0.717) is 16.6 Å². The van der Waals surface area contributed by atoms with Gasteiger partial charge < -0.3 is 10.6 Å². The van der Waals surface area contributed by atoms with Gasteiger partial charge >= 0.3 is 0 Å². The molecule has 1 fully saturated rings. The highest BCUT2D eigenvalue weighted by Crippen LogP contribution is 2.36. The lowest BCUT2D eigenvalue weighted by atomic mass is 9.73. The van der Waals surface area contributed by atoms with Gasteiger partial charge in [-0.05, 0) is 42.9 Å². The summed E-state index contributed by atoms with van der Waals surface area (Å²) in [6.07, 6.45) is 2.36. The Hall–Kier alpha value is -1.22. The fourth-order valence-corrected chi connectivity index (χ4v) is 2.64. The van der Waals surface area contributed by atoms with E-state index in [0.717, 1.165) is 17.5 Å². The van der Waals surface area contributed by atoms with E-state index in [1.807, 2.05) is 6.07 Å². The normalized spacial score (nSPS) is 21.9. The molecule has 0 spiro atoms. The Morgan fingerprint density at radius 3 is 2.63 bits per heavy atom. The van der Waals surface area contributed by atoms with Crippen molar-refractivity contribution in [1.29, 1.82) is 0 Å². The zero-order valence-electron chi connectivity index (χ0n) is 11.7. The van der Waals surface area contributed by atoms with Gasteiger partial charge in [0.15, 0.2) is 0 Å². The van der Waals surface area contributed by atoms with Crippen molar-refractivity contribution in [1.82, 2.24) is 5.32 Å². The third-order valence-electron chi connectivity index (χ3n) is 3.93. The average molecular weight is 281 g/mol. The summed E-state index contributed by atoms with van der Waals surface area (Å²) >= 11 is 6.17. The first kappa shape index (κ1) is 14.2. The van der Waals surface area contributed by atoms with E-state index in [4.69, 9.17) is 11.6 Å². The third-order valence-corrected chi connectivity index (χ3v) is 4.26. The van der Waals surface area contributed by atoms with Crippen molar-refractivity contribution < 1.29 is 4.79 Å². The molecule has 1 amide bonds. The maximum absolute atomic E-state index is 11.6. The molecule has 3 nitrogen and oxygen atoms in total. The zero-order chi connectivity index (χ0) is 14.0. The summed E-state index contributed by atoms with van der Waals surface area (Å²) in [7, 11) is 1.63. The fourth-order valence-electron chi connectivity index (χ4n) is 2.47. The summed E-state index contributed by atoms with van der Waals surface area (Å²) < 4.78 is 0. The molecular formula is C15H21ClN2O. The van der Waals surface area contributed by atoms with Crippen molar-refractivity contribution in [3.05, 3.63) is 28.8 Å². The van der Waals surface area contributed by atoms with Crippen LogP contribution in [0.1, 0.15) is 37.0 Å². The minimum absolute atomic E-state index is 0.0895. The van der Waals surface area contributed by atoms with Gasteiger partial charge in [-0.15, -0.1) is 0 Å². The maximum Gasteiger partial charge on any atom is 0.251 e. The molecule has 1 saturated carbocycles. The van der Waals surface area contributed by atoms with Gasteiger partial charge in [-0.3, -0.25) is 4.79 Å². The third kappa shape index (κ3) is 3.21. The van der Waals surface area contributed by atoms with Crippen LogP contribution < -0.4 is 10.6 Å². The van der Waals surface area contributed by atoms with Crippen LogP contribution in [0.15, 0.2) is 18.2 Å². The molecule has 2 rings (SSSR count). The Bertz CT molecular complexity index is 467.